The van der Waals surface area contributed by atoms with Gasteiger partial charge in [-0.3, -0.25) is 0 Å². The van der Waals surface area contributed by atoms with E-state index in [2.05, 4.69) is 4.74 Å². The molecule has 0 aromatic heterocycles. The molecule has 70 valence electrons. The van der Waals surface area contributed by atoms with Crippen LogP contribution in [0.25, 0.3) is 0 Å². The zero-order chi connectivity index (χ0) is 9.84. The molecule has 0 saturated heterocycles. The largest absolute Gasteiger partial charge is 0.465 e. The van der Waals surface area contributed by atoms with Gasteiger partial charge in [-0.25, -0.2) is 4.79 Å². The van der Waals surface area contributed by atoms with Gasteiger partial charge in [-0.2, -0.15) is 0 Å². The first-order chi connectivity index (χ1) is 6.15. The Labute approximate surface area is 82.5 Å². The van der Waals surface area contributed by atoms with Crippen LogP contribution < -0.4 is 0 Å². The van der Waals surface area contributed by atoms with Crippen molar-refractivity contribution >= 4 is 17.6 Å². The fourth-order valence-corrected chi connectivity index (χ4v) is 1.15. The van der Waals surface area contributed by atoms with Gasteiger partial charge in [0.15, 0.2) is 0 Å². The fraction of sp³-hybridized carbons (Fsp3) is 0.300. The number of carbonyl (C=O) groups is 1. The standard InChI is InChI=1S/C10H11ClO2/c1-7(11)8-3-5-9(6-4-8)10(12)13-2/h3-7H,1-2H3. The van der Waals surface area contributed by atoms with Crippen LogP contribution in [0.1, 0.15) is 28.2 Å². The Kier molecular flexibility index (Phi) is 3.32. The van der Waals surface area contributed by atoms with Gasteiger partial charge in [-0.05, 0) is 24.6 Å². The van der Waals surface area contributed by atoms with E-state index in [0.717, 1.165) is 5.56 Å². The number of ether oxygens (including phenoxy) is 1. The van der Waals surface area contributed by atoms with E-state index in [-0.39, 0.29) is 11.3 Å². The average Bonchev–Trinajstić information content (AvgIpc) is 2.17. The summed E-state index contributed by atoms with van der Waals surface area (Å²) in [4.78, 5) is 11.0. The van der Waals surface area contributed by atoms with Crippen LogP contribution in [0.2, 0.25) is 0 Å². The number of rotatable bonds is 2. The van der Waals surface area contributed by atoms with Gasteiger partial charge in [-0.15, -0.1) is 11.6 Å². The zero-order valence-corrected chi connectivity index (χ0v) is 8.34. The minimum atomic E-state index is -0.325. The third-order valence-electron chi connectivity index (χ3n) is 1.79. The number of hydrogen-bond donors (Lipinski definition) is 0. The topological polar surface area (TPSA) is 26.3 Å². The summed E-state index contributed by atoms with van der Waals surface area (Å²) in [5.41, 5.74) is 1.54. The van der Waals surface area contributed by atoms with Gasteiger partial charge in [0.1, 0.15) is 0 Å². The molecule has 1 aromatic rings. The van der Waals surface area contributed by atoms with Crippen molar-refractivity contribution in [2.45, 2.75) is 12.3 Å². The smallest absolute Gasteiger partial charge is 0.337 e. The second kappa shape index (κ2) is 4.28. The van der Waals surface area contributed by atoms with Crippen molar-refractivity contribution < 1.29 is 9.53 Å². The van der Waals surface area contributed by atoms with Crippen LogP contribution in [0.4, 0.5) is 0 Å². The molecule has 0 aliphatic rings. The van der Waals surface area contributed by atoms with Gasteiger partial charge >= 0.3 is 5.97 Å². The molecule has 0 bridgehead atoms. The van der Waals surface area contributed by atoms with Crippen LogP contribution in [0.5, 0.6) is 0 Å². The van der Waals surface area contributed by atoms with E-state index in [1.807, 2.05) is 19.1 Å². The molecule has 1 aromatic carbocycles. The van der Waals surface area contributed by atoms with E-state index in [1.54, 1.807) is 12.1 Å². The maximum atomic E-state index is 11.0. The Bertz CT molecular complexity index is 290. The number of benzene rings is 1. The first kappa shape index (κ1) is 10.1. The lowest BCUT2D eigenvalue weighted by molar-refractivity contribution is 0.0600. The molecule has 13 heavy (non-hydrogen) atoms. The van der Waals surface area contributed by atoms with Crippen LogP contribution in [0.3, 0.4) is 0 Å². The summed E-state index contributed by atoms with van der Waals surface area (Å²) in [6, 6.07) is 7.06. The van der Waals surface area contributed by atoms with Gasteiger partial charge in [-0.1, -0.05) is 12.1 Å². The summed E-state index contributed by atoms with van der Waals surface area (Å²) in [6.07, 6.45) is 0. The molecule has 0 amide bonds. The number of alkyl halides is 1. The Morgan fingerprint density at radius 2 is 1.92 bits per heavy atom. The highest BCUT2D eigenvalue weighted by Crippen LogP contribution is 2.19. The molecular formula is C10H11ClO2. The molecular weight excluding hydrogens is 188 g/mol. The SMILES string of the molecule is COC(=O)c1ccc(C(C)Cl)cc1. The van der Waals surface area contributed by atoms with E-state index < -0.39 is 0 Å². The molecule has 0 saturated carbocycles. The molecule has 0 radical (unpaired) electrons. The van der Waals surface area contributed by atoms with Gasteiger partial charge in [0, 0.05) is 0 Å². The van der Waals surface area contributed by atoms with Crippen molar-refractivity contribution in [2.75, 3.05) is 7.11 Å². The van der Waals surface area contributed by atoms with E-state index in [4.69, 9.17) is 11.6 Å². The summed E-state index contributed by atoms with van der Waals surface area (Å²) in [7, 11) is 1.36. The predicted octanol–water partition coefficient (Wildman–Crippen LogP) is 2.77. The van der Waals surface area contributed by atoms with Crippen LogP contribution >= 0.6 is 11.6 Å². The molecule has 1 atom stereocenters. The van der Waals surface area contributed by atoms with Crippen molar-refractivity contribution in [3.8, 4) is 0 Å². The monoisotopic (exact) mass is 198 g/mol. The quantitative estimate of drug-likeness (QED) is 0.540. The third-order valence-corrected chi connectivity index (χ3v) is 2.04. The number of halogens is 1. The molecule has 0 aliphatic heterocycles. The van der Waals surface area contributed by atoms with Gasteiger partial charge in [0.2, 0.25) is 0 Å². The summed E-state index contributed by atoms with van der Waals surface area (Å²) in [5.74, 6) is -0.325. The maximum absolute atomic E-state index is 11.0. The second-order valence-electron chi connectivity index (χ2n) is 2.73. The molecule has 0 aliphatic carbocycles. The first-order valence-corrected chi connectivity index (χ1v) is 4.41. The van der Waals surface area contributed by atoms with Gasteiger partial charge in [0.25, 0.3) is 0 Å². The number of esters is 1. The average molecular weight is 199 g/mol. The number of hydrogen-bond acceptors (Lipinski definition) is 2. The van der Waals surface area contributed by atoms with Crippen LogP contribution in [0, 0.1) is 0 Å². The van der Waals surface area contributed by atoms with E-state index in [0.29, 0.717) is 5.56 Å². The highest BCUT2D eigenvalue weighted by Gasteiger charge is 2.05. The maximum Gasteiger partial charge on any atom is 0.337 e. The molecule has 0 fully saturated rings. The summed E-state index contributed by atoms with van der Waals surface area (Å²) >= 11 is 5.85. The lowest BCUT2D eigenvalue weighted by Gasteiger charge is -2.03. The first-order valence-electron chi connectivity index (χ1n) is 3.97. The second-order valence-corrected chi connectivity index (χ2v) is 3.38. The van der Waals surface area contributed by atoms with E-state index in [1.165, 1.54) is 7.11 Å². The molecule has 1 rings (SSSR count). The van der Waals surface area contributed by atoms with E-state index >= 15 is 0 Å². The molecule has 0 spiro atoms. The molecule has 1 unspecified atom stereocenters. The minimum Gasteiger partial charge on any atom is -0.465 e. The Morgan fingerprint density at radius 1 is 1.38 bits per heavy atom. The summed E-state index contributed by atoms with van der Waals surface area (Å²) < 4.78 is 4.56. The van der Waals surface area contributed by atoms with Crippen molar-refractivity contribution in [1.82, 2.24) is 0 Å². The van der Waals surface area contributed by atoms with Crippen LogP contribution in [-0.2, 0) is 4.74 Å². The molecule has 0 heterocycles. The summed E-state index contributed by atoms with van der Waals surface area (Å²) in [6.45, 7) is 1.88. The van der Waals surface area contributed by atoms with Gasteiger partial charge < -0.3 is 4.74 Å². The van der Waals surface area contributed by atoms with E-state index in [9.17, 15) is 4.79 Å². The third kappa shape index (κ3) is 2.46. The minimum absolute atomic E-state index is 0.0355. The number of methoxy groups -OCH3 is 1. The molecule has 3 heteroatoms. The number of carbonyl (C=O) groups excluding carboxylic acids is 1. The highest BCUT2D eigenvalue weighted by molar-refractivity contribution is 6.20. The lowest BCUT2D eigenvalue weighted by Crippen LogP contribution is -2.00. The molecule has 0 N–H and O–H groups in total. The lowest BCUT2D eigenvalue weighted by atomic mass is 10.1. The van der Waals surface area contributed by atoms with Crippen LogP contribution in [0.15, 0.2) is 24.3 Å². The van der Waals surface area contributed by atoms with Gasteiger partial charge in [0.05, 0.1) is 18.1 Å². The predicted molar refractivity (Wildman–Crippen MR) is 52.0 cm³/mol. The summed E-state index contributed by atoms with van der Waals surface area (Å²) in [5, 5.41) is -0.0355. The fourth-order valence-electron chi connectivity index (χ4n) is 1.00. The van der Waals surface area contributed by atoms with Crippen molar-refractivity contribution in [2.24, 2.45) is 0 Å². The highest BCUT2D eigenvalue weighted by atomic mass is 35.5. The van der Waals surface area contributed by atoms with Crippen molar-refractivity contribution in [3.63, 3.8) is 0 Å². The molecule has 2 nitrogen and oxygen atoms in total. The normalized spacial score (nSPS) is 12.2. The van der Waals surface area contributed by atoms with Crippen molar-refractivity contribution in [3.05, 3.63) is 35.4 Å². The Morgan fingerprint density at radius 3 is 2.31 bits per heavy atom. The van der Waals surface area contributed by atoms with Crippen LogP contribution in [-0.4, -0.2) is 13.1 Å². The van der Waals surface area contributed by atoms with Crippen molar-refractivity contribution in [1.29, 1.82) is 0 Å². The zero-order valence-electron chi connectivity index (χ0n) is 7.58. The Hall–Kier alpha value is -1.02. The Balaban J connectivity index is 2.87.